The Morgan fingerprint density at radius 1 is 1.00 bits per heavy atom. The smallest absolute Gasteiger partial charge is 0.124 e. The van der Waals surface area contributed by atoms with Gasteiger partial charge in [-0.25, -0.2) is 4.39 Å². The van der Waals surface area contributed by atoms with Gasteiger partial charge in [0.05, 0.1) is 10.0 Å². The molecule has 0 nitrogen and oxygen atoms in total. The molecule has 0 aliphatic carbocycles. The minimum absolute atomic E-state index is 0.289. The van der Waals surface area contributed by atoms with E-state index in [0.29, 0.717) is 21.2 Å². The van der Waals surface area contributed by atoms with Gasteiger partial charge in [0.25, 0.3) is 0 Å². The molecule has 2 rings (SSSR count). The van der Waals surface area contributed by atoms with E-state index in [0.717, 1.165) is 0 Å². The van der Waals surface area contributed by atoms with Crippen molar-refractivity contribution in [3.05, 3.63) is 57.3 Å². The van der Waals surface area contributed by atoms with Crippen LogP contribution >= 0.6 is 34.8 Å². The van der Waals surface area contributed by atoms with E-state index in [-0.39, 0.29) is 5.02 Å². The molecule has 0 aromatic heterocycles. The van der Waals surface area contributed by atoms with E-state index in [4.69, 9.17) is 34.8 Å². The predicted octanol–water partition coefficient (Wildman–Crippen LogP) is 5.25. The highest BCUT2D eigenvalue weighted by atomic mass is 35.5. The van der Waals surface area contributed by atoms with Crippen molar-refractivity contribution in [1.29, 1.82) is 0 Å². The summed E-state index contributed by atoms with van der Waals surface area (Å²) >= 11 is 17.8. The van der Waals surface area contributed by atoms with Gasteiger partial charge in [0, 0.05) is 22.2 Å². The summed E-state index contributed by atoms with van der Waals surface area (Å²) in [4.78, 5) is 0. The van der Waals surface area contributed by atoms with Crippen LogP contribution in [0.2, 0.25) is 15.1 Å². The molecule has 0 heterocycles. The maximum Gasteiger partial charge on any atom is 0.124 e. The van der Waals surface area contributed by atoms with Gasteiger partial charge in [0.2, 0.25) is 0 Å². The summed E-state index contributed by atoms with van der Waals surface area (Å²) in [6, 6.07) is 10.1. The van der Waals surface area contributed by atoms with Gasteiger partial charge in [-0.1, -0.05) is 34.8 Å². The number of rotatable bonds is 1. The number of halogens is 4. The van der Waals surface area contributed by atoms with Gasteiger partial charge in [-0.2, -0.15) is 0 Å². The Hall–Kier alpha value is -0.760. The van der Waals surface area contributed by atoms with Crippen molar-refractivity contribution in [2.45, 2.75) is 0 Å². The predicted molar refractivity (Wildman–Crippen MR) is 65.7 cm³/mol. The van der Waals surface area contributed by atoms with Gasteiger partial charge in [-0.3, -0.25) is 0 Å². The van der Waals surface area contributed by atoms with Crippen LogP contribution in [0.3, 0.4) is 0 Å². The molecule has 1 radical (unpaired) electrons. The van der Waals surface area contributed by atoms with Crippen molar-refractivity contribution >= 4 is 34.8 Å². The van der Waals surface area contributed by atoms with Crippen LogP contribution in [0.1, 0.15) is 0 Å². The summed E-state index contributed by atoms with van der Waals surface area (Å²) in [5.74, 6) is -0.393. The molecule has 0 bridgehead atoms. The van der Waals surface area contributed by atoms with Gasteiger partial charge < -0.3 is 0 Å². The van der Waals surface area contributed by atoms with Crippen molar-refractivity contribution in [1.82, 2.24) is 0 Å². The minimum Gasteiger partial charge on any atom is -0.207 e. The zero-order valence-electron chi connectivity index (χ0n) is 7.90. The van der Waals surface area contributed by atoms with E-state index in [1.165, 1.54) is 12.1 Å². The normalized spacial score (nSPS) is 10.5. The maximum absolute atomic E-state index is 12.9. The summed E-state index contributed by atoms with van der Waals surface area (Å²) in [5.41, 5.74) is 1.27. The highest BCUT2D eigenvalue weighted by Gasteiger charge is 2.09. The van der Waals surface area contributed by atoms with Crippen molar-refractivity contribution in [2.24, 2.45) is 0 Å². The van der Waals surface area contributed by atoms with Gasteiger partial charge in [0.1, 0.15) is 5.82 Å². The molecule has 0 saturated carbocycles. The molecule has 0 atom stereocenters. The largest absolute Gasteiger partial charge is 0.207 e. The zero-order valence-corrected chi connectivity index (χ0v) is 10.2. The van der Waals surface area contributed by atoms with Crippen LogP contribution in [0.15, 0.2) is 30.3 Å². The molecule has 81 valence electrons. The third-order valence-electron chi connectivity index (χ3n) is 2.08. The third kappa shape index (κ3) is 2.32. The van der Waals surface area contributed by atoms with E-state index in [1.54, 1.807) is 18.2 Å². The summed E-state index contributed by atoms with van der Waals surface area (Å²) in [6.45, 7) is 0. The zero-order chi connectivity index (χ0) is 11.7. The average Bonchev–Trinajstić information content (AvgIpc) is 2.22. The first-order valence-electron chi connectivity index (χ1n) is 4.40. The lowest BCUT2D eigenvalue weighted by Crippen LogP contribution is -1.83. The third-order valence-corrected chi connectivity index (χ3v) is 2.92. The van der Waals surface area contributed by atoms with E-state index in [9.17, 15) is 4.39 Å². The van der Waals surface area contributed by atoms with Crippen molar-refractivity contribution in [3.63, 3.8) is 0 Å². The number of benzene rings is 2. The molecule has 0 amide bonds. The fourth-order valence-corrected chi connectivity index (χ4v) is 2.00. The van der Waals surface area contributed by atoms with Crippen LogP contribution in [0.5, 0.6) is 0 Å². The standard InChI is InChI=1S/C12H5Cl3F/c13-7-1-4-11(14)10(5-7)9-3-2-8(16)6-12(9)15/h1-3,5-6H. The Morgan fingerprint density at radius 3 is 2.44 bits per heavy atom. The molecule has 0 aliphatic rings. The SMILES string of the molecule is Fc1ccc(-c2cc(Cl)c[c]c2Cl)c(Cl)c1. The van der Waals surface area contributed by atoms with Crippen molar-refractivity contribution in [3.8, 4) is 11.1 Å². The molecule has 4 heteroatoms. The summed E-state index contributed by atoms with van der Waals surface area (Å²) < 4.78 is 12.9. The quantitative estimate of drug-likeness (QED) is 0.666. The minimum atomic E-state index is -0.393. The molecule has 0 saturated heterocycles. The first kappa shape index (κ1) is 11.7. The second-order valence-corrected chi connectivity index (χ2v) is 4.39. The van der Waals surface area contributed by atoms with E-state index < -0.39 is 5.82 Å². The molecule has 0 N–H and O–H groups in total. The van der Waals surface area contributed by atoms with Gasteiger partial charge in [-0.15, -0.1) is 0 Å². The van der Waals surface area contributed by atoms with Gasteiger partial charge in [0.15, 0.2) is 0 Å². The summed E-state index contributed by atoms with van der Waals surface area (Å²) in [7, 11) is 0. The number of hydrogen-bond acceptors (Lipinski definition) is 0. The maximum atomic E-state index is 12.9. The molecule has 0 fully saturated rings. The highest BCUT2D eigenvalue weighted by Crippen LogP contribution is 2.34. The second kappa shape index (κ2) is 4.62. The fourth-order valence-electron chi connectivity index (χ4n) is 1.36. The Kier molecular flexibility index (Phi) is 3.38. The lowest BCUT2D eigenvalue weighted by molar-refractivity contribution is 0.628. The molecular formula is C12H5Cl3F. The van der Waals surface area contributed by atoms with Crippen LogP contribution in [-0.2, 0) is 0 Å². The molecule has 0 spiro atoms. The van der Waals surface area contributed by atoms with Gasteiger partial charge >= 0.3 is 0 Å². The van der Waals surface area contributed by atoms with Crippen LogP contribution < -0.4 is 0 Å². The van der Waals surface area contributed by atoms with Crippen LogP contribution in [0.4, 0.5) is 4.39 Å². The van der Waals surface area contributed by atoms with E-state index >= 15 is 0 Å². The molecule has 2 aromatic carbocycles. The van der Waals surface area contributed by atoms with Crippen LogP contribution in [0, 0.1) is 11.9 Å². The summed E-state index contributed by atoms with van der Waals surface area (Å²) in [6.07, 6.45) is 0. The monoisotopic (exact) mass is 273 g/mol. The van der Waals surface area contributed by atoms with Crippen molar-refractivity contribution in [2.75, 3.05) is 0 Å². The first-order chi connectivity index (χ1) is 7.58. The highest BCUT2D eigenvalue weighted by molar-refractivity contribution is 6.37. The summed E-state index contributed by atoms with van der Waals surface area (Å²) in [5, 5.41) is 1.19. The van der Waals surface area contributed by atoms with E-state index in [1.807, 2.05) is 0 Å². The Balaban J connectivity index is 2.62. The Bertz CT molecular complexity index is 538. The Labute approximate surface area is 108 Å². The molecule has 2 aromatic rings. The number of hydrogen-bond donors (Lipinski definition) is 0. The second-order valence-electron chi connectivity index (χ2n) is 3.17. The molecule has 16 heavy (non-hydrogen) atoms. The van der Waals surface area contributed by atoms with Crippen molar-refractivity contribution < 1.29 is 4.39 Å². The molecule has 0 aliphatic heterocycles. The lowest BCUT2D eigenvalue weighted by atomic mass is 10.1. The lowest BCUT2D eigenvalue weighted by Gasteiger charge is -2.07. The molecule has 0 unspecified atom stereocenters. The molecular weight excluding hydrogens is 269 g/mol. The van der Waals surface area contributed by atoms with Gasteiger partial charge in [-0.05, 0) is 30.3 Å². The topological polar surface area (TPSA) is 0 Å². The van der Waals surface area contributed by atoms with Crippen LogP contribution in [0.25, 0.3) is 11.1 Å². The van der Waals surface area contributed by atoms with Crippen LogP contribution in [-0.4, -0.2) is 0 Å². The first-order valence-corrected chi connectivity index (χ1v) is 5.53. The fraction of sp³-hybridized carbons (Fsp3) is 0. The average molecular weight is 275 g/mol. The Morgan fingerprint density at radius 2 is 1.75 bits per heavy atom. The van der Waals surface area contributed by atoms with E-state index in [2.05, 4.69) is 6.07 Å².